The first-order valence-electron chi connectivity index (χ1n) is 7.07. The number of hydrogen-bond acceptors (Lipinski definition) is 1. The van der Waals surface area contributed by atoms with E-state index in [1.807, 2.05) is 25.1 Å². The SMILES string of the molecule is CC1c2ccccc2CCN1C(=O)Nc1ccccc1F. The molecule has 1 N–H and O–H groups in total. The standard InChI is InChI=1S/C17H17FN2O/c1-12-14-7-3-2-6-13(14)10-11-20(12)17(21)19-16-9-5-4-8-15(16)18/h2-9,12H,10-11H2,1H3,(H,19,21). The van der Waals surface area contributed by atoms with E-state index in [1.54, 1.807) is 23.1 Å². The molecule has 1 heterocycles. The molecule has 108 valence electrons. The van der Waals surface area contributed by atoms with Gasteiger partial charge in [0.15, 0.2) is 0 Å². The van der Waals surface area contributed by atoms with E-state index in [9.17, 15) is 9.18 Å². The van der Waals surface area contributed by atoms with E-state index in [1.165, 1.54) is 11.6 Å². The average Bonchev–Trinajstić information content (AvgIpc) is 2.50. The second kappa shape index (κ2) is 5.56. The van der Waals surface area contributed by atoms with Crippen molar-refractivity contribution in [3.8, 4) is 0 Å². The van der Waals surface area contributed by atoms with Crippen molar-refractivity contribution in [2.24, 2.45) is 0 Å². The number of anilines is 1. The molecule has 3 rings (SSSR count). The van der Waals surface area contributed by atoms with E-state index < -0.39 is 5.82 Å². The maximum absolute atomic E-state index is 13.6. The molecule has 0 aliphatic carbocycles. The number of benzene rings is 2. The highest BCUT2D eigenvalue weighted by molar-refractivity contribution is 5.90. The van der Waals surface area contributed by atoms with Crippen LogP contribution in [0.5, 0.6) is 0 Å². The number of hydrogen-bond donors (Lipinski definition) is 1. The van der Waals surface area contributed by atoms with Gasteiger partial charge in [-0.1, -0.05) is 36.4 Å². The molecule has 0 radical (unpaired) electrons. The smallest absolute Gasteiger partial charge is 0.317 e. The Kier molecular flexibility index (Phi) is 3.60. The van der Waals surface area contributed by atoms with Crippen molar-refractivity contribution in [3.05, 3.63) is 65.5 Å². The topological polar surface area (TPSA) is 32.3 Å². The number of amides is 2. The third-order valence-corrected chi connectivity index (χ3v) is 3.97. The Hall–Kier alpha value is -2.36. The largest absolute Gasteiger partial charge is 0.322 e. The molecule has 2 aromatic carbocycles. The molecule has 0 aromatic heterocycles. The predicted octanol–water partition coefficient (Wildman–Crippen LogP) is 3.98. The quantitative estimate of drug-likeness (QED) is 0.844. The summed E-state index contributed by atoms with van der Waals surface area (Å²) in [7, 11) is 0. The molecule has 0 bridgehead atoms. The lowest BCUT2D eigenvalue weighted by Crippen LogP contribution is -2.41. The van der Waals surface area contributed by atoms with Gasteiger partial charge in [0.25, 0.3) is 0 Å². The van der Waals surface area contributed by atoms with E-state index >= 15 is 0 Å². The zero-order chi connectivity index (χ0) is 14.8. The lowest BCUT2D eigenvalue weighted by Gasteiger charge is -2.35. The maximum atomic E-state index is 13.6. The van der Waals surface area contributed by atoms with E-state index in [4.69, 9.17) is 0 Å². The van der Waals surface area contributed by atoms with Gasteiger partial charge in [-0.15, -0.1) is 0 Å². The Morgan fingerprint density at radius 2 is 1.90 bits per heavy atom. The van der Waals surface area contributed by atoms with Crippen LogP contribution in [0.3, 0.4) is 0 Å². The van der Waals surface area contributed by atoms with Crippen LogP contribution < -0.4 is 5.32 Å². The molecular formula is C17H17FN2O. The number of nitrogens with zero attached hydrogens (tertiary/aromatic N) is 1. The van der Waals surface area contributed by atoms with Gasteiger partial charge in [0.05, 0.1) is 11.7 Å². The monoisotopic (exact) mass is 284 g/mol. The molecule has 0 spiro atoms. The van der Waals surface area contributed by atoms with Gasteiger partial charge < -0.3 is 10.2 Å². The summed E-state index contributed by atoms with van der Waals surface area (Å²) in [5.74, 6) is -0.420. The Bertz CT molecular complexity index is 671. The molecule has 0 saturated carbocycles. The van der Waals surface area contributed by atoms with Crippen LogP contribution in [0.1, 0.15) is 24.1 Å². The van der Waals surface area contributed by atoms with Crippen molar-refractivity contribution in [3.63, 3.8) is 0 Å². The van der Waals surface area contributed by atoms with Crippen LogP contribution in [0.4, 0.5) is 14.9 Å². The predicted molar refractivity (Wildman–Crippen MR) is 80.7 cm³/mol. The third kappa shape index (κ3) is 2.61. The fourth-order valence-corrected chi connectivity index (χ4v) is 2.80. The molecule has 2 aromatic rings. The molecule has 2 amide bonds. The van der Waals surface area contributed by atoms with Crippen molar-refractivity contribution >= 4 is 11.7 Å². The van der Waals surface area contributed by atoms with Crippen LogP contribution >= 0.6 is 0 Å². The number of fused-ring (bicyclic) bond motifs is 1. The third-order valence-electron chi connectivity index (χ3n) is 3.97. The molecule has 0 saturated heterocycles. The molecular weight excluding hydrogens is 267 g/mol. The summed E-state index contributed by atoms with van der Waals surface area (Å²) in [5.41, 5.74) is 2.65. The summed E-state index contributed by atoms with van der Waals surface area (Å²) in [5, 5.41) is 2.65. The average molecular weight is 284 g/mol. The van der Waals surface area contributed by atoms with E-state index in [-0.39, 0.29) is 17.8 Å². The number of carbonyl (C=O) groups excluding carboxylic acids is 1. The van der Waals surface area contributed by atoms with Crippen LogP contribution in [0.2, 0.25) is 0 Å². The van der Waals surface area contributed by atoms with Gasteiger partial charge in [-0.2, -0.15) is 0 Å². The van der Waals surface area contributed by atoms with Crippen molar-refractivity contribution in [1.29, 1.82) is 0 Å². The minimum atomic E-state index is -0.420. The highest BCUT2D eigenvalue weighted by Gasteiger charge is 2.27. The summed E-state index contributed by atoms with van der Waals surface area (Å²) in [4.78, 5) is 14.1. The Morgan fingerprint density at radius 3 is 2.71 bits per heavy atom. The molecule has 1 aliphatic heterocycles. The van der Waals surface area contributed by atoms with Crippen LogP contribution in [-0.4, -0.2) is 17.5 Å². The fourth-order valence-electron chi connectivity index (χ4n) is 2.80. The van der Waals surface area contributed by atoms with E-state index in [0.29, 0.717) is 6.54 Å². The van der Waals surface area contributed by atoms with Crippen LogP contribution in [0.15, 0.2) is 48.5 Å². The fraction of sp³-hybridized carbons (Fsp3) is 0.235. The normalized spacial score (nSPS) is 17.2. The van der Waals surface area contributed by atoms with Crippen molar-refractivity contribution in [1.82, 2.24) is 4.90 Å². The molecule has 1 aliphatic rings. The lowest BCUT2D eigenvalue weighted by atomic mass is 9.94. The highest BCUT2D eigenvalue weighted by atomic mass is 19.1. The van der Waals surface area contributed by atoms with Gasteiger partial charge in [0.2, 0.25) is 0 Å². The van der Waals surface area contributed by atoms with Crippen molar-refractivity contribution in [2.45, 2.75) is 19.4 Å². The van der Waals surface area contributed by atoms with Gasteiger partial charge in [-0.25, -0.2) is 9.18 Å². The number of nitrogens with one attached hydrogen (secondary N) is 1. The summed E-state index contributed by atoms with van der Waals surface area (Å²) in [6.07, 6.45) is 0.825. The molecule has 3 nitrogen and oxygen atoms in total. The molecule has 0 fully saturated rings. The van der Waals surface area contributed by atoms with Crippen LogP contribution in [0, 0.1) is 5.82 Å². The number of rotatable bonds is 1. The molecule has 21 heavy (non-hydrogen) atoms. The second-order valence-electron chi connectivity index (χ2n) is 5.23. The first kappa shape index (κ1) is 13.6. The molecule has 1 atom stereocenters. The van der Waals surface area contributed by atoms with Gasteiger partial charge in [0, 0.05) is 6.54 Å². The number of halogens is 1. The van der Waals surface area contributed by atoms with Gasteiger partial charge >= 0.3 is 6.03 Å². The summed E-state index contributed by atoms with van der Waals surface area (Å²) >= 11 is 0. The summed E-state index contributed by atoms with van der Waals surface area (Å²) in [6, 6.07) is 14.1. The first-order chi connectivity index (χ1) is 10.2. The van der Waals surface area contributed by atoms with E-state index in [0.717, 1.165) is 12.0 Å². The zero-order valence-electron chi connectivity index (χ0n) is 11.8. The molecule has 1 unspecified atom stereocenters. The maximum Gasteiger partial charge on any atom is 0.322 e. The lowest BCUT2D eigenvalue weighted by molar-refractivity contribution is 0.188. The Balaban J connectivity index is 1.79. The molecule has 4 heteroatoms. The summed E-state index contributed by atoms with van der Waals surface area (Å²) in [6.45, 7) is 2.64. The van der Waals surface area contributed by atoms with Gasteiger partial charge in [-0.3, -0.25) is 0 Å². The Labute approximate surface area is 123 Å². The van der Waals surface area contributed by atoms with Crippen LogP contribution in [0.25, 0.3) is 0 Å². The van der Waals surface area contributed by atoms with E-state index in [2.05, 4.69) is 11.4 Å². The van der Waals surface area contributed by atoms with Crippen molar-refractivity contribution in [2.75, 3.05) is 11.9 Å². The van der Waals surface area contributed by atoms with Gasteiger partial charge in [-0.05, 0) is 36.6 Å². The Morgan fingerprint density at radius 1 is 1.19 bits per heavy atom. The number of carbonyl (C=O) groups is 1. The van der Waals surface area contributed by atoms with Gasteiger partial charge in [0.1, 0.15) is 5.82 Å². The minimum absolute atomic E-state index is 0.0123. The number of urea groups is 1. The second-order valence-corrected chi connectivity index (χ2v) is 5.23. The first-order valence-corrected chi connectivity index (χ1v) is 7.07. The number of para-hydroxylation sites is 1. The van der Waals surface area contributed by atoms with Crippen molar-refractivity contribution < 1.29 is 9.18 Å². The summed E-state index contributed by atoms with van der Waals surface area (Å²) < 4.78 is 13.6. The minimum Gasteiger partial charge on any atom is -0.317 e. The highest BCUT2D eigenvalue weighted by Crippen LogP contribution is 2.29. The zero-order valence-corrected chi connectivity index (χ0v) is 11.8. The van der Waals surface area contributed by atoms with Crippen LogP contribution in [-0.2, 0) is 6.42 Å².